The first kappa shape index (κ1) is 41.7. The molecule has 14 heteroatoms. The average molecular weight is 863 g/mol. The molecule has 0 saturated carbocycles. The van der Waals surface area contributed by atoms with Gasteiger partial charge in [-0.1, -0.05) is 55.3 Å². The standard InChI is InChI=1S/C43H46BrF2N5O5S/c1-26-12-15-31(16-13-26)57(53,54)51-21-18-32-36(51)25-35(46)38(37(32)44)56-30-14-17-34(45)33(24-30)39-48-41(49-50(39)6)43(5,20-9-19-42(3,4)47)29-11-8-10-28(23-29)22-27(2)40(52)55-7/h8,10-18,21,23-25,27H,9,19-20,22,47H2,1-7H3/t27-,43?/m0/s1. The fraction of sp³-hybridized carbons (Fsp3) is 0.326. The number of nitrogens with zero attached hydrogens (tertiary/aromatic N) is 4. The van der Waals surface area contributed by atoms with Gasteiger partial charge in [0.05, 0.1) is 38.9 Å². The van der Waals surface area contributed by atoms with Crippen LogP contribution in [0.3, 0.4) is 0 Å². The molecular formula is C43H46BrF2N5O5S. The number of carbonyl (C=O) groups excluding carboxylic acids is 1. The van der Waals surface area contributed by atoms with Gasteiger partial charge in [-0.25, -0.2) is 30.8 Å². The lowest BCUT2D eigenvalue weighted by atomic mass is 9.75. The fourth-order valence-corrected chi connectivity index (χ4v) is 8.91. The summed E-state index contributed by atoms with van der Waals surface area (Å²) >= 11 is 3.43. The molecule has 300 valence electrons. The smallest absolute Gasteiger partial charge is 0.308 e. The van der Waals surface area contributed by atoms with Gasteiger partial charge in [-0.05, 0) is 110 Å². The molecule has 0 spiro atoms. The highest BCUT2D eigenvalue weighted by atomic mass is 79.9. The van der Waals surface area contributed by atoms with Gasteiger partial charge in [-0.3, -0.25) is 4.79 Å². The molecule has 10 nitrogen and oxygen atoms in total. The Morgan fingerprint density at radius 3 is 2.39 bits per heavy atom. The number of methoxy groups -OCH3 is 1. The van der Waals surface area contributed by atoms with Crippen molar-refractivity contribution in [3.63, 3.8) is 0 Å². The molecular weight excluding hydrogens is 816 g/mol. The van der Waals surface area contributed by atoms with E-state index < -0.39 is 32.6 Å². The largest absolute Gasteiger partial charge is 0.469 e. The van der Waals surface area contributed by atoms with Gasteiger partial charge in [-0.2, -0.15) is 5.10 Å². The summed E-state index contributed by atoms with van der Waals surface area (Å²) in [6.07, 6.45) is 3.95. The second-order valence-electron chi connectivity index (χ2n) is 15.5. The summed E-state index contributed by atoms with van der Waals surface area (Å²) < 4.78 is 72.3. The van der Waals surface area contributed by atoms with Crippen LogP contribution in [0.2, 0.25) is 0 Å². The average Bonchev–Trinajstić information content (AvgIpc) is 3.77. The van der Waals surface area contributed by atoms with Crippen LogP contribution in [0.15, 0.2) is 94.4 Å². The number of carbonyl (C=O) groups is 1. The summed E-state index contributed by atoms with van der Waals surface area (Å²) in [5.41, 5.74) is 8.19. The molecule has 0 aliphatic carbocycles. The molecule has 0 bridgehead atoms. The molecule has 2 heterocycles. The van der Waals surface area contributed by atoms with E-state index in [1.165, 1.54) is 48.3 Å². The summed E-state index contributed by atoms with van der Waals surface area (Å²) in [4.78, 5) is 17.2. The number of nitrogens with two attached hydrogens (primary N) is 1. The zero-order chi connectivity index (χ0) is 41.4. The van der Waals surface area contributed by atoms with E-state index in [0.717, 1.165) is 39.6 Å². The molecule has 0 aliphatic heterocycles. The summed E-state index contributed by atoms with van der Waals surface area (Å²) in [5.74, 6) is -1.48. The van der Waals surface area contributed by atoms with Gasteiger partial charge < -0.3 is 15.2 Å². The zero-order valence-corrected chi connectivity index (χ0v) is 35.3. The second-order valence-corrected chi connectivity index (χ2v) is 18.1. The van der Waals surface area contributed by atoms with Crippen molar-refractivity contribution in [1.29, 1.82) is 0 Å². The van der Waals surface area contributed by atoms with E-state index >= 15 is 8.78 Å². The summed E-state index contributed by atoms with van der Waals surface area (Å²) in [5, 5.41) is 5.21. The SMILES string of the molecule is COC(=O)[C@@H](C)Cc1cccc(C(C)(CCCC(C)(C)N)c2nc(-c3cc(Oc4c(F)cc5c(ccn5S(=O)(=O)c5ccc(C)cc5)c4Br)ccc3F)n(C)n2)c1. The van der Waals surface area contributed by atoms with E-state index in [-0.39, 0.29) is 49.7 Å². The van der Waals surface area contributed by atoms with Crippen molar-refractivity contribution in [3.8, 4) is 22.9 Å². The number of rotatable bonds is 14. The molecule has 0 saturated heterocycles. The van der Waals surface area contributed by atoms with Gasteiger partial charge in [0, 0.05) is 30.2 Å². The maximum atomic E-state index is 15.9. The Kier molecular flexibility index (Phi) is 11.8. The number of esters is 1. The number of aromatic nitrogens is 4. The van der Waals surface area contributed by atoms with E-state index in [1.807, 2.05) is 58.9 Å². The van der Waals surface area contributed by atoms with Crippen LogP contribution in [0.25, 0.3) is 22.3 Å². The van der Waals surface area contributed by atoms with Crippen LogP contribution < -0.4 is 10.5 Å². The van der Waals surface area contributed by atoms with E-state index in [4.69, 9.17) is 25.3 Å². The van der Waals surface area contributed by atoms with Crippen molar-refractivity contribution in [3.05, 3.63) is 124 Å². The van der Waals surface area contributed by atoms with Gasteiger partial charge >= 0.3 is 5.97 Å². The third-order valence-electron chi connectivity index (χ3n) is 10.2. The van der Waals surface area contributed by atoms with Crippen LogP contribution in [0, 0.1) is 24.5 Å². The lowest BCUT2D eigenvalue weighted by Crippen LogP contribution is -2.33. The Bertz CT molecular complexity index is 2570. The minimum Gasteiger partial charge on any atom is -0.469 e. The summed E-state index contributed by atoms with van der Waals surface area (Å²) in [7, 11) is -0.979. The summed E-state index contributed by atoms with van der Waals surface area (Å²) in [6.45, 7) is 9.67. The highest BCUT2D eigenvalue weighted by Gasteiger charge is 2.35. The van der Waals surface area contributed by atoms with Crippen LogP contribution in [-0.2, 0) is 38.4 Å². The van der Waals surface area contributed by atoms with Gasteiger partial charge in [0.15, 0.2) is 23.2 Å². The third-order valence-corrected chi connectivity index (χ3v) is 12.7. The minimum atomic E-state index is -4.03. The molecule has 2 N–H and O–H groups in total. The van der Waals surface area contributed by atoms with Crippen LogP contribution in [-0.4, -0.2) is 45.8 Å². The molecule has 0 aliphatic rings. The van der Waals surface area contributed by atoms with Gasteiger partial charge in [-0.15, -0.1) is 0 Å². The number of ether oxygens (including phenoxy) is 2. The number of aryl methyl sites for hydroxylation is 2. The van der Waals surface area contributed by atoms with Gasteiger partial charge in [0.1, 0.15) is 11.6 Å². The lowest BCUT2D eigenvalue weighted by Gasteiger charge is -2.29. The third kappa shape index (κ3) is 8.68. The number of hydrogen-bond donors (Lipinski definition) is 1. The number of halogens is 3. The minimum absolute atomic E-state index is 0.0619. The maximum Gasteiger partial charge on any atom is 0.308 e. The van der Waals surface area contributed by atoms with E-state index in [1.54, 1.807) is 25.2 Å². The van der Waals surface area contributed by atoms with Crippen molar-refractivity contribution < 1.29 is 31.5 Å². The maximum absolute atomic E-state index is 15.9. The number of fused-ring (bicyclic) bond motifs is 1. The van der Waals surface area contributed by atoms with Crippen LogP contribution in [0.4, 0.5) is 8.78 Å². The van der Waals surface area contributed by atoms with Crippen LogP contribution in [0.5, 0.6) is 11.5 Å². The molecule has 6 rings (SSSR count). The second kappa shape index (κ2) is 16.1. The molecule has 4 aromatic carbocycles. The van der Waals surface area contributed by atoms with Crippen molar-refractivity contribution in [2.24, 2.45) is 18.7 Å². The Balaban J connectivity index is 1.35. The van der Waals surface area contributed by atoms with Gasteiger partial charge in [0.25, 0.3) is 10.0 Å². The molecule has 0 radical (unpaired) electrons. The molecule has 6 aromatic rings. The number of hydrogen-bond acceptors (Lipinski definition) is 8. The van der Waals surface area contributed by atoms with Crippen molar-refractivity contribution >= 4 is 42.8 Å². The Hall–Kier alpha value is -4.92. The van der Waals surface area contributed by atoms with Crippen LogP contribution >= 0.6 is 15.9 Å². The first-order valence-electron chi connectivity index (χ1n) is 18.5. The predicted molar refractivity (Wildman–Crippen MR) is 220 cm³/mol. The molecule has 2 atom stereocenters. The normalized spacial score (nSPS) is 13.7. The highest BCUT2D eigenvalue weighted by Crippen LogP contribution is 2.42. The monoisotopic (exact) mass is 861 g/mol. The van der Waals surface area contributed by atoms with Crippen molar-refractivity contribution in [2.75, 3.05) is 7.11 Å². The van der Waals surface area contributed by atoms with E-state index in [0.29, 0.717) is 24.1 Å². The Morgan fingerprint density at radius 2 is 1.70 bits per heavy atom. The summed E-state index contributed by atoms with van der Waals surface area (Å²) in [6, 6.07) is 21.0. The predicted octanol–water partition coefficient (Wildman–Crippen LogP) is 9.38. The van der Waals surface area contributed by atoms with Gasteiger partial charge in [0.2, 0.25) is 0 Å². The Morgan fingerprint density at radius 1 is 0.982 bits per heavy atom. The first-order chi connectivity index (χ1) is 26.8. The molecule has 2 aromatic heterocycles. The molecule has 0 fully saturated rings. The first-order valence-corrected chi connectivity index (χ1v) is 20.7. The number of benzene rings is 4. The zero-order valence-electron chi connectivity index (χ0n) is 32.9. The van der Waals surface area contributed by atoms with E-state index in [9.17, 15) is 13.2 Å². The van der Waals surface area contributed by atoms with Crippen LogP contribution in [0.1, 0.15) is 69.5 Å². The Labute approximate surface area is 340 Å². The topological polar surface area (TPSA) is 131 Å². The van der Waals surface area contributed by atoms with Crippen molar-refractivity contribution in [2.45, 2.75) is 76.2 Å². The quantitative estimate of drug-likeness (QED) is 0.107. The van der Waals surface area contributed by atoms with Crippen molar-refractivity contribution in [1.82, 2.24) is 18.7 Å². The molecule has 1 unspecified atom stereocenters. The molecule has 0 amide bonds. The van der Waals surface area contributed by atoms with E-state index in [2.05, 4.69) is 15.9 Å². The highest BCUT2D eigenvalue weighted by molar-refractivity contribution is 9.10. The molecule has 57 heavy (non-hydrogen) atoms. The fourth-order valence-electron chi connectivity index (χ4n) is 6.97. The lowest BCUT2D eigenvalue weighted by molar-refractivity contribution is -0.144.